The highest BCUT2D eigenvalue weighted by molar-refractivity contribution is 5.64. The summed E-state index contributed by atoms with van der Waals surface area (Å²) in [6.07, 6.45) is 1.77. The van der Waals surface area contributed by atoms with E-state index in [1.165, 1.54) is 0 Å². The van der Waals surface area contributed by atoms with E-state index >= 15 is 0 Å². The Morgan fingerprint density at radius 3 is 2.86 bits per heavy atom. The molecule has 2 aromatic rings. The maximum absolute atomic E-state index is 5.60. The van der Waals surface area contributed by atoms with Gasteiger partial charge >= 0.3 is 0 Å². The number of anilines is 3. The van der Waals surface area contributed by atoms with Gasteiger partial charge in [0.2, 0.25) is 5.95 Å². The molecule has 0 radical (unpaired) electrons. The summed E-state index contributed by atoms with van der Waals surface area (Å²) in [5, 5.41) is 6.36. The van der Waals surface area contributed by atoms with Crippen LogP contribution in [0.4, 0.5) is 17.5 Å². The van der Waals surface area contributed by atoms with Crippen LogP contribution in [0.25, 0.3) is 0 Å². The molecule has 0 atom stereocenters. The highest BCUT2D eigenvalue weighted by Crippen LogP contribution is 2.27. The van der Waals surface area contributed by atoms with Crippen molar-refractivity contribution in [3.05, 3.63) is 48.7 Å². The number of para-hydroxylation sites is 2. The number of benzene rings is 1. The lowest BCUT2D eigenvalue weighted by Crippen LogP contribution is -2.06. The first-order chi connectivity index (χ1) is 10.2. The third-order valence-corrected chi connectivity index (χ3v) is 2.71. The molecule has 1 heterocycles. The minimum Gasteiger partial charge on any atom is -0.492 e. The fraction of sp³-hybridized carbons (Fsp3) is 0.250. The average Bonchev–Trinajstić information content (AvgIpc) is 2.47. The summed E-state index contributed by atoms with van der Waals surface area (Å²) in [5.74, 6) is 2.10. The van der Waals surface area contributed by atoms with E-state index < -0.39 is 0 Å². The van der Waals surface area contributed by atoms with Gasteiger partial charge in [-0.2, -0.15) is 4.98 Å². The zero-order chi connectivity index (χ0) is 15.1. The van der Waals surface area contributed by atoms with Crippen molar-refractivity contribution in [2.45, 2.75) is 13.8 Å². The second-order valence-corrected chi connectivity index (χ2v) is 4.44. The van der Waals surface area contributed by atoms with Crippen LogP contribution in [0.5, 0.6) is 5.75 Å². The van der Waals surface area contributed by atoms with Crippen molar-refractivity contribution < 1.29 is 4.74 Å². The molecule has 0 amide bonds. The van der Waals surface area contributed by atoms with Crippen molar-refractivity contribution in [2.75, 3.05) is 23.8 Å². The number of ether oxygens (including phenoxy) is 1. The number of nitrogens with one attached hydrogen (secondary N) is 2. The molecular formula is C16H20N4O. The lowest BCUT2D eigenvalue weighted by atomic mass is 10.3. The van der Waals surface area contributed by atoms with Crippen molar-refractivity contribution in [3.63, 3.8) is 0 Å². The Balaban J connectivity index is 2.22. The van der Waals surface area contributed by atoms with Gasteiger partial charge in [0, 0.05) is 18.3 Å². The lowest BCUT2D eigenvalue weighted by Gasteiger charge is -2.13. The molecule has 0 spiro atoms. The summed E-state index contributed by atoms with van der Waals surface area (Å²) in [7, 11) is 0. The Morgan fingerprint density at radius 1 is 1.29 bits per heavy atom. The molecule has 0 aliphatic rings. The van der Waals surface area contributed by atoms with Gasteiger partial charge in [-0.1, -0.05) is 18.2 Å². The summed E-state index contributed by atoms with van der Waals surface area (Å²) in [6, 6.07) is 9.67. The van der Waals surface area contributed by atoms with Crippen LogP contribution in [0.3, 0.4) is 0 Å². The van der Waals surface area contributed by atoms with Crippen molar-refractivity contribution in [1.29, 1.82) is 0 Å². The van der Waals surface area contributed by atoms with Crippen LogP contribution in [0.15, 0.2) is 43.0 Å². The Hall–Kier alpha value is -2.56. The molecule has 0 fully saturated rings. The molecule has 2 N–H and O–H groups in total. The Bertz CT molecular complexity index is 613. The van der Waals surface area contributed by atoms with Crippen molar-refractivity contribution in [3.8, 4) is 5.75 Å². The number of nitrogens with zero attached hydrogens (tertiary/aromatic N) is 2. The first-order valence-electron chi connectivity index (χ1n) is 6.92. The molecule has 0 aliphatic heterocycles. The first kappa shape index (κ1) is 14.8. The quantitative estimate of drug-likeness (QED) is 0.762. The molecule has 0 unspecified atom stereocenters. The third-order valence-electron chi connectivity index (χ3n) is 2.71. The summed E-state index contributed by atoms with van der Waals surface area (Å²) in [5.41, 5.74) is 1.76. The van der Waals surface area contributed by atoms with Gasteiger partial charge in [-0.15, -0.1) is 6.58 Å². The van der Waals surface area contributed by atoms with Crippen LogP contribution in [-0.4, -0.2) is 23.1 Å². The van der Waals surface area contributed by atoms with Gasteiger partial charge in [-0.25, -0.2) is 4.98 Å². The number of hydrogen-bond acceptors (Lipinski definition) is 5. The Morgan fingerprint density at radius 2 is 2.10 bits per heavy atom. The van der Waals surface area contributed by atoms with E-state index in [4.69, 9.17) is 4.74 Å². The molecule has 0 aliphatic carbocycles. The van der Waals surface area contributed by atoms with Gasteiger partial charge in [0.1, 0.15) is 11.6 Å². The molecule has 21 heavy (non-hydrogen) atoms. The van der Waals surface area contributed by atoms with Gasteiger partial charge in [0.25, 0.3) is 0 Å². The van der Waals surface area contributed by atoms with Gasteiger partial charge in [0.05, 0.1) is 12.3 Å². The third kappa shape index (κ3) is 4.21. The molecular weight excluding hydrogens is 264 g/mol. The SMILES string of the molecule is C=CCNc1nc(C)cc(Nc2ccccc2OCC)n1. The molecule has 2 rings (SSSR count). The van der Waals surface area contributed by atoms with Crippen LogP contribution >= 0.6 is 0 Å². The van der Waals surface area contributed by atoms with Crippen LogP contribution in [0.1, 0.15) is 12.6 Å². The maximum atomic E-state index is 5.60. The minimum atomic E-state index is 0.575. The summed E-state index contributed by atoms with van der Waals surface area (Å²) in [4.78, 5) is 8.76. The zero-order valence-electron chi connectivity index (χ0n) is 12.4. The van der Waals surface area contributed by atoms with Crippen LogP contribution < -0.4 is 15.4 Å². The monoisotopic (exact) mass is 284 g/mol. The predicted molar refractivity (Wildman–Crippen MR) is 86.3 cm³/mol. The zero-order valence-corrected chi connectivity index (χ0v) is 12.4. The average molecular weight is 284 g/mol. The van der Waals surface area contributed by atoms with Crippen LogP contribution in [-0.2, 0) is 0 Å². The topological polar surface area (TPSA) is 59.1 Å². The van der Waals surface area contributed by atoms with Crippen molar-refractivity contribution in [1.82, 2.24) is 9.97 Å². The molecule has 0 saturated heterocycles. The highest BCUT2D eigenvalue weighted by Gasteiger charge is 2.06. The second kappa shape index (κ2) is 7.28. The number of hydrogen-bond donors (Lipinski definition) is 2. The smallest absolute Gasteiger partial charge is 0.225 e. The number of aromatic nitrogens is 2. The fourth-order valence-electron chi connectivity index (χ4n) is 1.86. The molecule has 0 saturated carbocycles. The van der Waals surface area contributed by atoms with E-state index in [1.54, 1.807) is 6.08 Å². The second-order valence-electron chi connectivity index (χ2n) is 4.44. The Labute approximate surface area is 125 Å². The molecule has 5 nitrogen and oxygen atoms in total. The minimum absolute atomic E-state index is 0.575. The first-order valence-corrected chi connectivity index (χ1v) is 6.92. The van der Waals surface area contributed by atoms with Gasteiger partial charge in [0.15, 0.2) is 0 Å². The fourth-order valence-corrected chi connectivity index (χ4v) is 1.86. The predicted octanol–water partition coefficient (Wildman–Crippen LogP) is 3.53. The highest BCUT2D eigenvalue weighted by atomic mass is 16.5. The number of rotatable bonds is 7. The summed E-state index contributed by atoms with van der Waals surface area (Å²) in [6.45, 7) is 8.80. The van der Waals surface area contributed by atoms with Gasteiger partial charge < -0.3 is 15.4 Å². The van der Waals surface area contributed by atoms with E-state index in [1.807, 2.05) is 44.2 Å². The number of aryl methyl sites for hydroxylation is 1. The lowest BCUT2D eigenvalue weighted by molar-refractivity contribution is 0.342. The Kier molecular flexibility index (Phi) is 5.15. The van der Waals surface area contributed by atoms with E-state index in [-0.39, 0.29) is 0 Å². The van der Waals surface area contributed by atoms with Crippen molar-refractivity contribution in [2.24, 2.45) is 0 Å². The van der Waals surface area contributed by atoms with E-state index in [9.17, 15) is 0 Å². The molecule has 110 valence electrons. The molecule has 5 heteroatoms. The van der Waals surface area contributed by atoms with Crippen LogP contribution in [0.2, 0.25) is 0 Å². The molecule has 0 bridgehead atoms. The summed E-state index contributed by atoms with van der Waals surface area (Å²) < 4.78 is 5.60. The van der Waals surface area contributed by atoms with E-state index in [0.717, 1.165) is 22.9 Å². The van der Waals surface area contributed by atoms with Crippen molar-refractivity contribution >= 4 is 17.5 Å². The summed E-state index contributed by atoms with van der Waals surface area (Å²) >= 11 is 0. The largest absolute Gasteiger partial charge is 0.492 e. The normalized spacial score (nSPS) is 10.0. The van der Waals surface area contributed by atoms with E-state index in [2.05, 4.69) is 27.2 Å². The molecule has 1 aromatic carbocycles. The van der Waals surface area contributed by atoms with E-state index in [0.29, 0.717) is 19.1 Å². The maximum Gasteiger partial charge on any atom is 0.225 e. The van der Waals surface area contributed by atoms with Gasteiger partial charge in [-0.3, -0.25) is 0 Å². The van der Waals surface area contributed by atoms with Gasteiger partial charge in [-0.05, 0) is 26.0 Å². The molecule has 1 aromatic heterocycles. The van der Waals surface area contributed by atoms with Crippen LogP contribution in [0, 0.1) is 6.92 Å². The standard InChI is InChI=1S/C16H20N4O/c1-4-10-17-16-18-12(3)11-15(20-16)19-13-8-6-7-9-14(13)21-5-2/h4,6-9,11H,1,5,10H2,2-3H3,(H2,17,18,19,20).